The molecular weight excluding hydrogens is 234 g/mol. The van der Waals surface area contributed by atoms with E-state index >= 15 is 0 Å². The highest BCUT2D eigenvalue weighted by Crippen LogP contribution is 2.19. The Morgan fingerprint density at radius 2 is 1.79 bits per heavy atom. The third-order valence-electron chi connectivity index (χ3n) is 3.34. The molecule has 102 valence electrons. The first-order chi connectivity index (χ1) is 9.16. The maximum atomic E-state index is 6.18. The first kappa shape index (κ1) is 14.0. The summed E-state index contributed by atoms with van der Waals surface area (Å²) in [4.78, 5) is 0. The Morgan fingerprint density at radius 1 is 1.05 bits per heavy atom. The van der Waals surface area contributed by atoms with Gasteiger partial charge in [-0.1, -0.05) is 50.2 Å². The van der Waals surface area contributed by atoms with Gasteiger partial charge in [-0.2, -0.15) is 0 Å². The van der Waals surface area contributed by atoms with E-state index in [1.54, 1.807) is 0 Å². The van der Waals surface area contributed by atoms with Crippen LogP contribution in [0.15, 0.2) is 42.5 Å². The molecule has 0 heterocycles. The molecule has 0 bridgehead atoms. The average molecular weight is 257 g/mol. The van der Waals surface area contributed by atoms with Crippen LogP contribution < -0.4 is 5.73 Å². The van der Waals surface area contributed by atoms with Gasteiger partial charge in [0.25, 0.3) is 0 Å². The van der Waals surface area contributed by atoms with Crippen LogP contribution in [0.25, 0.3) is 10.8 Å². The number of nitrogens with two attached hydrogens (primary N) is 1. The second-order valence-electron chi connectivity index (χ2n) is 5.47. The van der Waals surface area contributed by atoms with Gasteiger partial charge in [0.05, 0.1) is 12.6 Å². The minimum atomic E-state index is -0.0447. The second kappa shape index (κ2) is 6.69. The summed E-state index contributed by atoms with van der Waals surface area (Å²) < 4.78 is 5.65. The van der Waals surface area contributed by atoms with Crippen LogP contribution in [0.3, 0.4) is 0 Å². The fourth-order valence-corrected chi connectivity index (χ4v) is 2.06. The molecule has 2 aromatic rings. The maximum Gasteiger partial charge on any atom is 0.0659 e. The van der Waals surface area contributed by atoms with E-state index in [0.717, 1.165) is 18.6 Å². The maximum absolute atomic E-state index is 6.18. The normalized spacial score (nSPS) is 13.1. The summed E-state index contributed by atoms with van der Waals surface area (Å²) in [6.45, 7) is 5.78. The Balaban J connectivity index is 1.95. The summed E-state index contributed by atoms with van der Waals surface area (Å²) in [5, 5.41) is 2.48. The molecule has 0 saturated carbocycles. The molecule has 2 aromatic carbocycles. The number of hydrogen-bond donors (Lipinski definition) is 1. The number of fused-ring (bicyclic) bond motifs is 1. The van der Waals surface area contributed by atoms with Crippen LogP contribution in [0, 0.1) is 5.92 Å². The van der Waals surface area contributed by atoms with Crippen molar-refractivity contribution in [2.75, 3.05) is 13.2 Å². The van der Waals surface area contributed by atoms with Crippen molar-refractivity contribution in [2.45, 2.75) is 26.3 Å². The van der Waals surface area contributed by atoms with Crippen molar-refractivity contribution in [1.82, 2.24) is 0 Å². The lowest BCUT2D eigenvalue weighted by Gasteiger charge is -2.14. The Bertz CT molecular complexity index is 521. The van der Waals surface area contributed by atoms with E-state index in [0.29, 0.717) is 12.5 Å². The lowest BCUT2D eigenvalue weighted by Crippen LogP contribution is -2.17. The highest BCUT2D eigenvalue weighted by molar-refractivity contribution is 5.83. The monoisotopic (exact) mass is 257 g/mol. The van der Waals surface area contributed by atoms with Crippen molar-refractivity contribution >= 4 is 10.8 Å². The molecule has 0 spiro atoms. The smallest absolute Gasteiger partial charge is 0.0659 e. The molecule has 2 nitrogen and oxygen atoms in total. The fourth-order valence-electron chi connectivity index (χ4n) is 2.06. The lowest BCUT2D eigenvalue weighted by atomic mass is 10.0. The number of rotatable bonds is 6. The lowest BCUT2D eigenvalue weighted by molar-refractivity contribution is 0.111. The van der Waals surface area contributed by atoms with Crippen LogP contribution in [-0.4, -0.2) is 13.2 Å². The Morgan fingerprint density at radius 3 is 2.53 bits per heavy atom. The van der Waals surface area contributed by atoms with Crippen LogP contribution in [0.1, 0.15) is 31.9 Å². The quantitative estimate of drug-likeness (QED) is 0.796. The van der Waals surface area contributed by atoms with Crippen LogP contribution >= 0.6 is 0 Å². The zero-order valence-electron chi connectivity index (χ0n) is 11.8. The zero-order valence-corrected chi connectivity index (χ0v) is 11.8. The Labute approximate surface area is 115 Å². The third kappa shape index (κ3) is 4.05. The largest absolute Gasteiger partial charge is 0.379 e. The van der Waals surface area contributed by atoms with Crippen molar-refractivity contribution in [3.8, 4) is 0 Å². The molecule has 0 saturated heterocycles. The number of benzene rings is 2. The van der Waals surface area contributed by atoms with Gasteiger partial charge in [0.2, 0.25) is 0 Å². The van der Waals surface area contributed by atoms with Gasteiger partial charge in [0.1, 0.15) is 0 Å². The van der Waals surface area contributed by atoms with E-state index in [1.165, 1.54) is 10.8 Å². The molecule has 0 aliphatic rings. The van der Waals surface area contributed by atoms with Gasteiger partial charge in [-0.05, 0) is 34.7 Å². The second-order valence-corrected chi connectivity index (χ2v) is 5.47. The van der Waals surface area contributed by atoms with Crippen LogP contribution in [0.5, 0.6) is 0 Å². The first-order valence-electron chi connectivity index (χ1n) is 6.99. The van der Waals surface area contributed by atoms with E-state index < -0.39 is 0 Å². The molecule has 0 aliphatic carbocycles. The number of hydrogen-bond acceptors (Lipinski definition) is 2. The van der Waals surface area contributed by atoms with Gasteiger partial charge >= 0.3 is 0 Å². The summed E-state index contributed by atoms with van der Waals surface area (Å²) in [5.41, 5.74) is 7.32. The molecule has 0 aromatic heterocycles. The average Bonchev–Trinajstić information content (AvgIpc) is 2.42. The van der Waals surface area contributed by atoms with E-state index in [2.05, 4.69) is 56.3 Å². The van der Waals surface area contributed by atoms with E-state index in [9.17, 15) is 0 Å². The highest BCUT2D eigenvalue weighted by Gasteiger charge is 2.07. The summed E-state index contributed by atoms with van der Waals surface area (Å²) >= 11 is 0. The van der Waals surface area contributed by atoms with Crippen LogP contribution in [-0.2, 0) is 4.74 Å². The molecule has 1 unspecified atom stereocenters. The molecule has 2 N–H and O–H groups in total. The summed E-state index contributed by atoms with van der Waals surface area (Å²) in [7, 11) is 0. The molecule has 0 amide bonds. The minimum absolute atomic E-state index is 0.0447. The van der Waals surface area contributed by atoms with Crippen LogP contribution in [0.2, 0.25) is 0 Å². The summed E-state index contributed by atoms with van der Waals surface area (Å²) in [5.74, 6) is 0.678. The van der Waals surface area contributed by atoms with Gasteiger partial charge in [0.15, 0.2) is 0 Å². The molecule has 0 aliphatic heterocycles. The predicted molar refractivity (Wildman–Crippen MR) is 81.2 cm³/mol. The van der Waals surface area contributed by atoms with Crippen molar-refractivity contribution in [3.63, 3.8) is 0 Å². The van der Waals surface area contributed by atoms with Crippen molar-refractivity contribution < 1.29 is 4.74 Å². The standard InChI is InChI=1S/C17H23NO/c1-13(2)9-10-19-12-17(18)16-8-7-14-5-3-4-6-15(14)11-16/h3-8,11,13,17H,9-10,12,18H2,1-2H3. The predicted octanol–water partition coefficient (Wildman–Crippen LogP) is 3.90. The molecule has 0 radical (unpaired) electrons. The van der Waals surface area contributed by atoms with Crippen LogP contribution in [0.4, 0.5) is 0 Å². The van der Waals surface area contributed by atoms with Gasteiger partial charge < -0.3 is 10.5 Å². The molecule has 2 heteroatoms. The topological polar surface area (TPSA) is 35.2 Å². The molecule has 2 rings (SSSR count). The van der Waals surface area contributed by atoms with Crippen molar-refractivity contribution in [2.24, 2.45) is 11.7 Å². The van der Waals surface area contributed by atoms with Crippen molar-refractivity contribution in [3.05, 3.63) is 48.0 Å². The van der Waals surface area contributed by atoms with Gasteiger partial charge in [-0.15, -0.1) is 0 Å². The van der Waals surface area contributed by atoms with Crippen molar-refractivity contribution in [1.29, 1.82) is 0 Å². The van der Waals surface area contributed by atoms with E-state index in [-0.39, 0.29) is 6.04 Å². The fraction of sp³-hybridized carbons (Fsp3) is 0.412. The summed E-state index contributed by atoms with van der Waals surface area (Å²) in [6.07, 6.45) is 1.09. The Hall–Kier alpha value is -1.38. The summed E-state index contributed by atoms with van der Waals surface area (Å²) in [6, 6.07) is 14.7. The first-order valence-corrected chi connectivity index (χ1v) is 6.99. The minimum Gasteiger partial charge on any atom is -0.379 e. The SMILES string of the molecule is CC(C)CCOCC(N)c1ccc2ccccc2c1. The van der Waals surface area contributed by atoms with Gasteiger partial charge in [0, 0.05) is 6.61 Å². The molecule has 0 fully saturated rings. The highest BCUT2D eigenvalue weighted by atomic mass is 16.5. The van der Waals surface area contributed by atoms with Gasteiger partial charge in [-0.3, -0.25) is 0 Å². The zero-order chi connectivity index (χ0) is 13.7. The molecule has 1 atom stereocenters. The third-order valence-corrected chi connectivity index (χ3v) is 3.34. The van der Waals surface area contributed by atoms with E-state index in [4.69, 9.17) is 10.5 Å². The van der Waals surface area contributed by atoms with Gasteiger partial charge in [-0.25, -0.2) is 0 Å². The molecular formula is C17H23NO. The number of ether oxygens (including phenoxy) is 1. The van der Waals surface area contributed by atoms with E-state index in [1.807, 2.05) is 0 Å². The Kier molecular flexibility index (Phi) is 4.94. The molecule has 19 heavy (non-hydrogen) atoms.